The van der Waals surface area contributed by atoms with Crippen LogP contribution in [0.3, 0.4) is 0 Å². The number of carbonyl (C=O) groups excluding carboxylic acids is 2. The summed E-state index contributed by atoms with van der Waals surface area (Å²) < 4.78 is 29.9. The molecular formula is C19H19F2NO3S. The van der Waals surface area contributed by atoms with Crippen molar-refractivity contribution in [1.82, 2.24) is 0 Å². The molecule has 1 N–H and O–H groups in total. The van der Waals surface area contributed by atoms with Crippen LogP contribution in [0.15, 0.2) is 53.4 Å². The van der Waals surface area contributed by atoms with Crippen LogP contribution in [0, 0.1) is 0 Å². The minimum atomic E-state index is -2.47. The molecule has 0 fully saturated rings. The van der Waals surface area contributed by atoms with Gasteiger partial charge >= 0.3 is 0 Å². The molecule has 2 aromatic rings. The standard InChI is InChI=1S/C19H19F2NO3S/c1-13(23)2-3-14-4-8-16(9-5-14)25-12-18(24)22-15-6-10-17(11-7-15)26-19(20)21/h4-11,19H,2-3,12H2,1H3,(H,22,24). The van der Waals surface area contributed by atoms with Gasteiger partial charge in [-0.1, -0.05) is 23.9 Å². The molecule has 2 aromatic carbocycles. The van der Waals surface area contributed by atoms with E-state index in [9.17, 15) is 18.4 Å². The number of amides is 1. The predicted octanol–water partition coefficient (Wildman–Crippen LogP) is 4.54. The van der Waals surface area contributed by atoms with E-state index in [4.69, 9.17) is 4.74 Å². The monoisotopic (exact) mass is 379 g/mol. The van der Waals surface area contributed by atoms with Crippen LogP contribution in [-0.2, 0) is 16.0 Å². The molecular weight excluding hydrogens is 360 g/mol. The Kier molecular flexibility index (Phi) is 7.59. The fourth-order valence-corrected chi connectivity index (χ4v) is 2.64. The Morgan fingerprint density at radius 2 is 1.73 bits per heavy atom. The minimum Gasteiger partial charge on any atom is -0.484 e. The van der Waals surface area contributed by atoms with Crippen LogP contribution in [0.4, 0.5) is 14.5 Å². The van der Waals surface area contributed by atoms with Crippen molar-refractivity contribution < 1.29 is 23.1 Å². The normalized spacial score (nSPS) is 10.6. The first-order valence-corrected chi connectivity index (χ1v) is 8.86. The largest absolute Gasteiger partial charge is 0.484 e. The second-order valence-corrected chi connectivity index (χ2v) is 6.65. The van der Waals surface area contributed by atoms with Gasteiger partial charge in [0.1, 0.15) is 11.5 Å². The molecule has 0 saturated carbocycles. The number of anilines is 1. The maximum Gasteiger partial charge on any atom is 0.288 e. The van der Waals surface area contributed by atoms with Crippen molar-refractivity contribution in [2.75, 3.05) is 11.9 Å². The topological polar surface area (TPSA) is 55.4 Å². The number of ketones is 1. The van der Waals surface area contributed by atoms with E-state index in [1.165, 1.54) is 12.1 Å². The Balaban J connectivity index is 1.78. The van der Waals surface area contributed by atoms with E-state index in [2.05, 4.69) is 5.32 Å². The maximum atomic E-state index is 12.3. The lowest BCUT2D eigenvalue weighted by molar-refractivity contribution is -0.118. The molecule has 0 unspecified atom stereocenters. The van der Waals surface area contributed by atoms with Gasteiger partial charge in [-0.25, -0.2) is 0 Å². The van der Waals surface area contributed by atoms with Gasteiger partial charge in [0.25, 0.3) is 11.7 Å². The van der Waals surface area contributed by atoms with E-state index in [1.54, 1.807) is 31.2 Å². The van der Waals surface area contributed by atoms with Gasteiger partial charge in [0.05, 0.1) is 0 Å². The first-order chi connectivity index (χ1) is 12.4. The number of carbonyl (C=O) groups is 2. The molecule has 0 saturated heterocycles. The first-order valence-electron chi connectivity index (χ1n) is 7.98. The predicted molar refractivity (Wildman–Crippen MR) is 97.9 cm³/mol. The van der Waals surface area contributed by atoms with E-state index in [0.717, 1.165) is 5.56 Å². The fourth-order valence-electron chi connectivity index (χ4n) is 2.14. The lowest BCUT2D eigenvalue weighted by atomic mass is 10.1. The molecule has 0 heterocycles. The average molecular weight is 379 g/mol. The summed E-state index contributed by atoms with van der Waals surface area (Å²) in [5.74, 6) is -2.13. The summed E-state index contributed by atoms with van der Waals surface area (Å²) in [6, 6.07) is 13.4. The molecule has 26 heavy (non-hydrogen) atoms. The number of halogens is 2. The van der Waals surface area contributed by atoms with Crippen LogP contribution in [-0.4, -0.2) is 24.1 Å². The number of ether oxygens (including phenoxy) is 1. The summed E-state index contributed by atoms with van der Waals surface area (Å²) in [4.78, 5) is 23.3. The molecule has 0 bridgehead atoms. The quantitative estimate of drug-likeness (QED) is 0.650. The number of alkyl halides is 2. The van der Waals surface area contributed by atoms with Crippen molar-refractivity contribution in [1.29, 1.82) is 0 Å². The Morgan fingerprint density at radius 3 is 2.31 bits per heavy atom. The van der Waals surface area contributed by atoms with Crippen LogP contribution in [0.5, 0.6) is 5.75 Å². The number of benzene rings is 2. The van der Waals surface area contributed by atoms with Crippen molar-refractivity contribution in [2.24, 2.45) is 0 Å². The van der Waals surface area contributed by atoms with Crippen LogP contribution in [0.25, 0.3) is 0 Å². The summed E-state index contributed by atoms with van der Waals surface area (Å²) in [7, 11) is 0. The first kappa shape index (κ1) is 19.9. The highest BCUT2D eigenvalue weighted by molar-refractivity contribution is 7.99. The smallest absolute Gasteiger partial charge is 0.288 e. The SMILES string of the molecule is CC(=O)CCc1ccc(OCC(=O)Nc2ccc(SC(F)F)cc2)cc1. The molecule has 0 radical (unpaired) electrons. The lowest BCUT2D eigenvalue weighted by Crippen LogP contribution is -2.20. The number of thioether (sulfide) groups is 1. The number of rotatable bonds is 9. The van der Waals surface area contributed by atoms with Gasteiger partial charge in [-0.2, -0.15) is 8.78 Å². The summed E-state index contributed by atoms with van der Waals surface area (Å²) in [6.45, 7) is 1.39. The Hall–Kier alpha value is -2.41. The Bertz CT molecular complexity index is 733. The van der Waals surface area contributed by atoms with Gasteiger partial charge in [-0.05, 0) is 55.3 Å². The lowest BCUT2D eigenvalue weighted by Gasteiger charge is -2.09. The zero-order chi connectivity index (χ0) is 18.9. The number of hydrogen-bond donors (Lipinski definition) is 1. The number of aryl methyl sites for hydroxylation is 1. The summed E-state index contributed by atoms with van der Waals surface area (Å²) in [6.07, 6.45) is 1.17. The zero-order valence-corrected chi connectivity index (χ0v) is 15.0. The van der Waals surface area contributed by atoms with E-state index < -0.39 is 5.76 Å². The molecule has 1 amide bonds. The van der Waals surface area contributed by atoms with Crippen molar-refractivity contribution in [3.05, 3.63) is 54.1 Å². The van der Waals surface area contributed by atoms with Gasteiger partial charge in [0, 0.05) is 17.0 Å². The molecule has 2 rings (SSSR count). The third-order valence-corrected chi connectivity index (χ3v) is 4.14. The number of hydrogen-bond acceptors (Lipinski definition) is 4. The van der Waals surface area contributed by atoms with Gasteiger partial charge in [0.15, 0.2) is 6.61 Å². The second-order valence-electron chi connectivity index (χ2n) is 5.59. The molecule has 0 aliphatic carbocycles. The van der Waals surface area contributed by atoms with Crippen molar-refractivity contribution in [3.63, 3.8) is 0 Å². The van der Waals surface area contributed by atoms with Gasteiger partial charge in [-0.3, -0.25) is 4.79 Å². The Morgan fingerprint density at radius 1 is 1.08 bits per heavy atom. The van der Waals surface area contributed by atoms with E-state index in [1.807, 2.05) is 12.1 Å². The highest BCUT2D eigenvalue weighted by atomic mass is 32.2. The van der Waals surface area contributed by atoms with E-state index in [0.29, 0.717) is 40.9 Å². The Labute approximate surface area is 154 Å². The van der Waals surface area contributed by atoms with Crippen LogP contribution < -0.4 is 10.1 Å². The van der Waals surface area contributed by atoms with E-state index in [-0.39, 0.29) is 18.3 Å². The zero-order valence-electron chi connectivity index (χ0n) is 14.2. The van der Waals surface area contributed by atoms with Crippen molar-refractivity contribution in [2.45, 2.75) is 30.4 Å². The number of nitrogens with one attached hydrogen (secondary N) is 1. The fraction of sp³-hybridized carbons (Fsp3) is 0.263. The third kappa shape index (κ3) is 7.23. The van der Waals surface area contributed by atoms with Crippen molar-refractivity contribution >= 4 is 29.1 Å². The molecule has 138 valence electrons. The molecule has 4 nitrogen and oxygen atoms in total. The van der Waals surface area contributed by atoms with Gasteiger partial charge in [0.2, 0.25) is 0 Å². The molecule has 0 spiro atoms. The summed E-state index contributed by atoms with van der Waals surface area (Å²) in [5, 5.41) is 2.64. The molecule has 0 aliphatic heterocycles. The average Bonchev–Trinajstić information content (AvgIpc) is 2.60. The molecule has 0 aliphatic rings. The summed E-state index contributed by atoms with van der Waals surface area (Å²) >= 11 is 0.450. The molecule has 7 heteroatoms. The van der Waals surface area contributed by atoms with Crippen LogP contribution in [0.1, 0.15) is 18.9 Å². The summed E-state index contributed by atoms with van der Waals surface area (Å²) in [5.41, 5.74) is 1.54. The second kappa shape index (κ2) is 9.91. The highest BCUT2D eigenvalue weighted by Gasteiger charge is 2.07. The van der Waals surface area contributed by atoms with Gasteiger partial charge in [-0.15, -0.1) is 0 Å². The van der Waals surface area contributed by atoms with Crippen LogP contribution >= 0.6 is 11.8 Å². The van der Waals surface area contributed by atoms with E-state index >= 15 is 0 Å². The number of Topliss-reactive ketones (excluding diaryl/α,β-unsaturated/α-hetero) is 1. The third-order valence-electron chi connectivity index (χ3n) is 3.42. The van der Waals surface area contributed by atoms with Crippen molar-refractivity contribution in [3.8, 4) is 5.75 Å². The minimum absolute atomic E-state index is 0.142. The molecule has 0 aromatic heterocycles. The van der Waals surface area contributed by atoms with Gasteiger partial charge < -0.3 is 14.8 Å². The highest BCUT2D eigenvalue weighted by Crippen LogP contribution is 2.26. The maximum absolute atomic E-state index is 12.3. The molecule has 0 atom stereocenters. The van der Waals surface area contributed by atoms with Crippen LogP contribution in [0.2, 0.25) is 0 Å².